The van der Waals surface area contributed by atoms with E-state index in [0.29, 0.717) is 24.3 Å². The normalized spacial score (nSPS) is 13.4. The minimum atomic E-state index is -0.437. The quantitative estimate of drug-likeness (QED) is 0.763. The maximum Gasteiger partial charge on any atom is 0.358 e. The zero-order valence-electron chi connectivity index (χ0n) is 11.5. The van der Waals surface area contributed by atoms with Gasteiger partial charge in [0.25, 0.3) is 0 Å². The third-order valence-corrected chi connectivity index (χ3v) is 3.39. The standard InChI is InChI=1S/C14H13N5O2/c1-21-14(20)12-7-11-9-18(4-5-19(11)17-12)13-6-10(8-15)2-3-16-13/h2-3,6-7H,4-5,9H2,1H3. The number of nitriles is 1. The van der Waals surface area contributed by atoms with Crippen molar-refractivity contribution in [1.29, 1.82) is 5.26 Å². The third kappa shape index (κ3) is 2.43. The van der Waals surface area contributed by atoms with Crippen LogP contribution in [0.25, 0.3) is 0 Å². The Labute approximate surface area is 121 Å². The summed E-state index contributed by atoms with van der Waals surface area (Å²) in [5.41, 5.74) is 1.81. The largest absolute Gasteiger partial charge is 0.464 e. The van der Waals surface area contributed by atoms with Crippen molar-refractivity contribution in [3.63, 3.8) is 0 Å². The van der Waals surface area contributed by atoms with Crippen molar-refractivity contribution >= 4 is 11.8 Å². The Balaban J connectivity index is 1.85. The first-order valence-electron chi connectivity index (χ1n) is 6.47. The molecule has 7 heteroatoms. The highest BCUT2D eigenvalue weighted by atomic mass is 16.5. The van der Waals surface area contributed by atoms with Crippen LogP contribution < -0.4 is 4.90 Å². The molecule has 106 valence electrons. The number of nitrogens with zero attached hydrogens (tertiary/aromatic N) is 5. The summed E-state index contributed by atoms with van der Waals surface area (Å²) in [5.74, 6) is 0.314. The molecule has 3 heterocycles. The number of methoxy groups -OCH3 is 1. The molecule has 0 atom stereocenters. The lowest BCUT2D eigenvalue weighted by Gasteiger charge is -2.28. The molecular formula is C14H13N5O2. The van der Waals surface area contributed by atoms with E-state index < -0.39 is 5.97 Å². The van der Waals surface area contributed by atoms with Gasteiger partial charge in [-0.1, -0.05) is 0 Å². The molecule has 0 amide bonds. The van der Waals surface area contributed by atoms with E-state index in [-0.39, 0.29) is 0 Å². The number of ether oxygens (including phenoxy) is 1. The fourth-order valence-corrected chi connectivity index (χ4v) is 2.33. The summed E-state index contributed by atoms with van der Waals surface area (Å²) in [6.45, 7) is 1.97. The highest BCUT2D eigenvalue weighted by molar-refractivity contribution is 5.87. The van der Waals surface area contributed by atoms with Crippen LogP contribution in [0, 0.1) is 11.3 Å². The zero-order valence-corrected chi connectivity index (χ0v) is 11.5. The van der Waals surface area contributed by atoms with Crippen LogP contribution in [0.2, 0.25) is 0 Å². The first kappa shape index (κ1) is 13.1. The topological polar surface area (TPSA) is 84.0 Å². The molecule has 0 fully saturated rings. The van der Waals surface area contributed by atoms with E-state index in [1.165, 1.54) is 7.11 Å². The lowest BCUT2D eigenvalue weighted by atomic mass is 10.2. The van der Waals surface area contributed by atoms with Gasteiger partial charge >= 0.3 is 5.97 Å². The Morgan fingerprint density at radius 2 is 2.29 bits per heavy atom. The van der Waals surface area contributed by atoms with Crippen molar-refractivity contribution < 1.29 is 9.53 Å². The molecule has 0 radical (unpaired) electrons. The van der Waals surface area contributed by atoms with Gasteiger partial charge in [-0.05, 0) is 18.2 Å². The Morgan fingerprint density at radius 1 is 1.43 bits per heavy atom. The summed E-state index contributed by atoms with van der Waals surface area (Å²) in [7, 11) is 1.34. The molecule has 0 saturated heterocycles. The van der Waals surface area contributed by atoms with Gasteiger partial charge in [-0.3, -0.25) is 4.68 Å². The van der Waals surface area contributed by atoms with Gasteiger partial charge in [0.15, 0.2) is 5.69 Å². The molecule has 0 N–H and O–H groups in total. The number of anilines is 1. The Bertz CT molecular complexity index is 731. The predicted molar refractivity (Wildman–Crippen MR) is 73.6 cm³/mol. The van der Waals surface area contributed by atoms with Gasteiger partial charge in [-0.2, -0.15) is 10.4 Å². The molecular weight excluding hydrogens is 270 g/mol. The second-order valence-corrected chi connectivity index (χ2v) is 4.67. The summed E-state index contributed by atoms with van der Waals surface area (Å²) in [5, 5.41) is 13.2. The summed E-state index contributed by atoms with van der Waals surface area (Å²) >= 11 is 0. The lowest BCUT2D eigenvalue weighted by Crippen LogP contribution is -2.34. The van der Waals surface area contributed by atoms with E-state index in [9.17, 15) is 4.79 Å². The van der Waals surface area contributed by atoms with Crippen molar-refractivity contribution in [1.82, 2.24) is 14.8 Å². The molecule has 2 aromatic heterocycles. The van der Waals surface area contributed by atoms with Crippen LogP contribution in [0.4, 0.5) is 5.82 Å². The van der Waals surface area contributed by atoms with E-state index in [1.54, 1.807) is 29.1 Å². The van der Waals surface area contributed by atoms with E-state index >= 15 is 0 Å². The number of hydrogen-bond acceptors (Lipinski definition) is 6. The van der Waals surface area contributed by atoms with Gasteiger partial charge in [0.05, 0.1) is 37.5 Å². The average molecular weight is 283 g/mol. The van der Waals surface area contributed by atoms with E-state index in [1.807, 2.05) is 0 Å². The SMILES string of the molecule is COC(=O)c1cc2n(n1)CCN(c1cc(C#N)ccn1)C2. The maximum atomic E-state index is 11.5. The Morgan fingerprint density at radius 3 is 3.05 bits per heavy atom. The molecule has 3 rings (SSSR count). The molecule has 0 bridgehead atoms. The number of carbonyl (C=O) groups is 1. The number of hydrogen-bond donors (Lipinski definition) is 0. The van der Waals surface area contributed by atoms with Crippen molar-refractivity contribution in [3.8, 4) is 6.07 Å². The van der Waals surface area contributed by atoms with Crippen LogP contribution in [0.3, 0.4) is 0 Å². The van der Waals surface area contributed by atoms with Gasteiger partial charge in [-0.15, -0.1) is 0 Å². The predicted octanol–water partition coefficient (Wildman–Crippen LogP) is 0.957. The molecule has 1 aliphatic rings. The van der Waals surface area contributed by atoms with Crippen molar-refractivity contribution in [2.45, 2.75) is 13.1 Å². The molecule has 2 aromatic rings. The maximum absolute atomic E-state index is 11.5. The summed E-state index contributed by atoms with van der Waals surface area (Å²) < 4.78 is 6.48. The van der Waals surface area contributed by atoms with Crippen LogP contribution >= 0.6 is 0 Å². The number of carbonyl (C=O) groups excluding carboxylic acids is 1. The highest BCUT2D eigenvalue weighted by Crippen LogP contribution is 2.20. The van der Waals surface area contributed by atoms with Gasteiger partial charge in [0.2, 0.25) is 0 Å². The molecule has 7 nitrogen and oxygen atoms in total. The number of esters is 1. The molecule has 1 aliphatic heterocycles. The Hall–Kier alpha value is -2.88. The highest BCUT2D eigenvalue weighted by Gasteiger charge is 2.22. The summed E-state index contributed by atoms with van der Waals surface area (Å²) in [6.07, 6.45) is 1.62. The van der Waals surface area contributed by atoms with Crippen molar-refractivity contribution in [2.75, 3.05) is 18.6 Å². The number of pyridine rings is 1. The van der Waals surface area contributed by atoms with Gasteiger partial charge in [-0.25, -0.2) is 9.78 Å². The second-order valence-electron chi connectivity index (χ2n) is 4.67. The lowest BCUT2D eigenvalue weighted by molar-refractivity contribution is 0.0593. The Kier molecular flexibility index (Phi) is 3.28. The van der Waals surface area contributed by atoms with E-state index in [2.05, 4.69) is 25.8 Å². The van der Waals surface area contributed by atoms with Crippen LogP contribution in [0.5, 0.6) is 0 Å². The third-order valence-electron chi connectivity index (χ3n) is 3.39. The van der Waals surface area contributed by atoms with Crippen LogP contribution in [-0.4, -0.2) is 34.4 Å². The minimum Gasteiger partial charge on any atom is -0.464 e. The minimum absolute atomic E-state index is 0.313. The molecule has 0 aromatic carbocycles. The summed E-state index contributed by atoms with van der Waals surface area (Å²) in [4.78, 5) is 17.9. The van der Waals surface area contributed by atoms with Gasteiger partial charge < -0.3 is 9.64 Å². The molecule has 0 unspecified atom stereocenters. The van der Waals surface area contributed by atoms with Crippen LogP contribution in [0.15, 0.2) is 24.4 Å². The van der Waals surface area contributed by atoms with Crippen LogP contribution in [-0.2, 0) is 17.8 Å². The average Bonchev–Trinajstić information content (AvgIpc) is 2.97. The fraction of sp³-hybridized carbons (Fsp3) is 0.286. The smallest absolute Gasteiger partial charge is 0.358 e. The molecule has 0 aliphatic carbocycles. The van der Waals surface area contributed by atoms with E-state index in [0.717, 1.165) is 18.1 Å². The molecule has 21 heavy (non-hydrogen) atoms. The van der Waals surface area contributed by atoms with Crippen molar-refractivity contribution in [3.05, 3.63) is 41.3 Å². The molecule has 0 spiro atoms. The van der Waals surface area contributed by atoms with E-state index in [4.69, 9.17) is 5.26 Å². The van der Waals surface area contributed by atoms with Gasteiger partial charge in [0.1, 0.15) is 5.82 Å². The number of fused-ring (bicyclic) bond motifs is 1. The monoisotopic (exact) mass is 283 g/mol. The first-order valence-corrected chi connectivity index (χ1v) is 6.47. The molecule has 0 saturated carbocycles. The fourth-order valence-electron chi connectivity index (χ4n) is 2.33. The van der Waals surface area contributed by atoms with Crippen LogP contribution in [0.1, 0.15) is 21.7 Å². The zero-order chi connectivity index (χ0) is 14.8. The first-order chi connectivity index (χ1) is 10.2. The van der Waals surface area contributed by atoms with Crippen molar-refractivity contribution in [2.24, 2.45) is 0 Å². The number of aromatic nitrogens is 3. The van der Waals surface area contributed by atoms with Gasteiger partial charge in [0, 0.05) is 12.7 Å². The summed E-state index contributed by atoms with van der Waals surface area (Å²) in [6, 6.07) is 7.27. The number of rotatable bonds is 2. The second kappa shape index (κ2) is 5.25.